The minimum absolute atomic E-state index is 0.0234. The van der Waals surface area contributed by atoms with Crippen molar-refractivity contribution in [1.82, 2.24) is 0 Å². The third-order valence-electron chi connectivity index (χ3n) is 0.991. The van der Waals surface area contributed by atoms with Gasteiger partial charge in [-0.3, -0.25) is 0 Å². The fourth-order valence-corrected chi connectivity index (χ4v) is 2.83. The normalized spacial score (nSPS) is 11.8. The van der Waals surface area contributed by atoms with Crippen LogP contribution in [0.15, 0.2) is 12.1 Å². The summed E-state index contributed by atoms with van der Waals surface area (Å²) in [5.74, 6) is -0.0234. The largest absolute Gasteiger partial charge is 0.228 e. The van der Waals surface area contributed by atoms with Crippen molar-refractivity contribution in [3.63, 3.8) is 0 Å². The number of sulfone groups is 1. The SMILES string of the molecule is [CH2]S(=O)(=O)Cc1ccc(Cl)s1. The zero-order valence-corrected chi connectivity index (χ0v) is 7.97. The third-order valence-corrected chi connectivity index (χ3v) is 3.16. The minimum Gasteiger partial charge on any atom is -0.228 e. The van der Waals surface area contributed by atoms with Crippen LogP contribution < -0.4 is 0 Å². The first-order chi connectivity index (χ1) is 4.97. The van der Waals surface area contributed by atoms with E-state index >= 15 is 0 Å². The second-order valence-electron chi connectivity index (χ2n) is 2.09. The van der Waals surface area contributed by atoms with E-state index in [2.05, 4.69) is 6.26 Å². The molecule has 0 spiro atoms. The molecule has 0 N–H and O–H groups in total. The topological polar surface area (TPSA) is 34.1 Å². The lowest BCUT2D eigenvalue weighted by Gasteiger charge is -1.90. The smallest absolute Gasteiger partial charge is 0.156 e. The molecule has 0 aliphatic carbocycles. The Morgan fingerprint density at radius 1 is 1.55 bits per heavy atom. The summed E-state index contributed by atoms with van der Waals surface area (Å²) >= 11 is 6.85. The van der Waals surface area contributed by atoms with Gasteiger partial charge in [-0.1, -0.05) is 11.6 Å². The minimum atomic E-state index is -3.16. The van der Waals surface area contributed by atoms with Crippen LogP contribution in [0, 0.1) is 6.26 Å². The summed E-state index contributed by atoms with van der Waals surface area (Å²) in [6.07, 6.45) is 3.01. The number of halogens is 1. The Hall–Kier alpha value is -0.0600. The molecule has 2 nitrogen and oxygen atoms in total. The van der Waals surface area contributed by atoms with E-state index in [-0.39, 0.29) is 5.75 Å². The Labute approximate surface area is 74.7 Å². The van der Waals surface area contributed by atoms with Crippen LogP contribution in [0.4, 0.5) is 0 Å². The number of hydrogen-bond acceptors (Lipinski definition) is 3. The second-order valence-corrected chi connectivity index (χ2v) is 5.67. The molecule has 1 radical (unpaired) electrons. The average molecular weight is 210 g/mol. The van der Waals surface area contributed by atoms with Crippen LogP contribution in [0.1, 0.15) is 4.88 Å². The first-order valence-electron chi connectivity index (χ1n) is 2.77. The van der Waals surface area contributed by atoms with Crippen molar-refractivity contribution in [3.8, 4) is 0 Å². The van der Waals surface area contributed by atoms with Crippen molar-refractivity contribution in [3.05, 3.63) is 27.6 Å². The summed E-state index contributed by atoms with van der Waals surface area (Å²) in [5.41, 5.74) is 0. The maximum Gasteiger partial charge on any atom is 0.156 e. The molecule has 61 valence electrons. The first kappa shape index (κ1) is 9.03. The van der Waals surface area contributed by atoms with E-state index < -0.39 is 9.84 Å². The molecule has 0 bridgehead atoms. The van der Waals surface area contributed by atoms with Crippen LogP contribution >= 0.6 is 22.9 Å². The molecule has 1 rings (SSSR count). The standard InChI is InChI=1S/C6H6ClO2S2/c1-11(8,9)4-5-2-3-6(7)10-5/h2-3H,1,4H2. The van der Waals surface area contributed by atoms with Gasteiger partial charge in [-0.25, -0.2) is 8.42 Å². The van der Waals surface area contributed by atoms with Crippen molar-refractivity contribution in [1.29, 1.82) is 0 Å². The zero-order valence-electron chi connectivity index (χ0n) is 5.58. The van der Waals surface area contributed by atoms with Gasteiger partial charge < -0.3 is 0 Å². The van der Waals surface area contributed by atoms with E-state index in [4.69, 9.17) is 11.6 Å². The Balaban J connectivity index is 2.81. The molecule has 0 aliphatic rings. The van der Waals surface area contributed by atoms with Gasteiger partial charge in [0, 0.05) is 4.88 Å². The van der Waals surface area contributed by atoms with E-state index in [0.29, 0.717) is 4.34 Å². The van der Waals surface area contributed by atoms with Gasteiger partial charge in [0.2, 0.25) is 0 Å². The quantitative estimate of drug-likeness (QED) is 0.748. The Morgan fingerprint density at radius 3 is 2.55 bits per heavy atom. The molecule has 0 aromatic carbocycles. The van der Waals surface area contributed by atoms with Gasteiger partial charge in [0.1, 0.15) is 0 Å². The number of hydrogen-bond donors (Lipinski definition) is 0. The maximum atomic E-state index is 10.7. The summed E-state index contributed by atoms with van der Waals surface area (Å²) in [7, 11) is -3.16. The van der Waals surface area contributed by atoms with E-state index in [9.17, 15) is 8.42 Å². The highest BCUT2D eigenvalue weighted by Gasteiger charge is 2.06. The van der Waals surface area contributed by atoms with Gasteiger partial charge in [-0.15, -0.1) is 11.3 Å². The van der Waals surface area contributed by atoms with Crippen LogP contribution in [0.3, 0.4) is 0 Å². The molecule has 5 heteroatoms. The highest BCUT2D eigenvalue weighted by Crippen LogP contribution is 2.22. The lowest BCUT2D eigenvalue weighted by molar-refractivity contribution is 0.604. The lowest BCUT2D eigenvalue weighted by Crippen LogP contribution is -1.95. The first-order valence-corrected chi connectivity index (χ1v) is 5.79. The molecular formula is C6H6ClO2S2. The molecular weight excluding hydrogens is 204 g/mol. The maximum absolute atomic E-state index is 10.7. The number of thiophene rings is 1. The summed E-state index contributed by atoms with van der Waals surface area (Å²) in [6, 6.07) is 3.36. The molecule has 11 heavy (non-hydrogen) atoms. The van der Waals surface area contributed by atoms with Crippen molar-refractivity contribution in [2.75, 3.05) is 0 Å². The van der Waals surface area contributed by atoms with Crippen molar-refractivity contribution in [2.24, 2.45) is 0 Å². The molecule has 0 fully saturated rings. The monoisotopic (exact) mass is 209 g/mol. The van der Waals surface area contributed by atoms with Gasteiger partial charge in [0.05, 0.1) is 16.3 Å². The summed E-state index contributed by atoms with van der Waals surface area (Å²) in [5, 5.41) is 0. The van der Waals surface area contributed by atoms with Crippen LogP contribution in [0.25, 0.3) is 0 Å². The van der Waals surface area contributed by atoms with E-state index in [0.717, 1.165) is 4.88 Å². The second kappa shape index (κ2) is 3.13. The Kier molecular flexibility index (Phi) is 2.57. The Morgan fingerprint density at radius 2 is 2.18 bits per heavy atom. The highest BCUT2D eigenvalue weighted by molar-refractivity contribution is 7.91. The van der Waals surface area contributed by atoms with Gasteiger partial charge >= 0.3 is 0 Å². The van der Waals surface area contributed by atoms with Crippen LogP contribution in [0.5, 0.6) is 0 Å². The molecule has 1 aromatic heterocycles. The Bertz CT molecular complexity index is 339. The fourth-order valence-electron chi connectivity index (χ4n) is 0.646. The van der Waals surface area contributed by atoms with Gasteiger partial charge in [-0.2, -0.15) is 0 Å². The summed E-state index contributed by atoms with van der Waals surface area (Å²) in [6.45, 7) is 0. The lowest BCUT2D eigenvalue weighted by atomic mass is 10.5. The highest BCUT2D eigenvalue weighted by atomic mass is 35.5. The van der Waals surface area contributed by atoms with Gasteiger partial charge in [0.25, 0.3) is 0 Å². The molecule has 0 saturated carbocycles. The molecule has 1 aromatic rings. The summed E-state index contributed by atoms with van der Waals surface area (Å²) in [4.78, 5) is 0.727. The number of rotatable bonds is 2. The molecule has 0 amide bonds. The van der Waals surface area contributed by atoms with Crippen LogP contribution in [0.2, 0.25) is 4.34 Å². The van der Waals surface area contributed by atoms with Crippen LogP contribution in [-0.2, 0) is 15.6 Å². The van der Waals surface area contributed by atoms with E-state index in [1.165, 1.54) is 11.3 Å². The van der Waals surface area contributed by atoms with Gasteiger partial charge in [0.15, 0.2) is 9.84 Å². The molecule has 0 saturated heterocycles. The molecule has 1 heterocycles. The predicted octanol–water partition coefficient (Wildman–Crippen LogP) is 2.11. The molecule has 0 aliphatic heterocycles. The van der Waals surface area contributed by atoms with E-state index in [1.54, 1.807) is 12.1 Å². The summed E-state index contributed by atoms with van der Waals surface area (Å²) < 4.78 is 21.9. The molecule has 0 unspecified atom stereocenters. The third kappa shape index (κ3) is 3.22. The zero-order chi connectivity index (χ0) is 8.48. The van der Waals surface area contributed by atoms with Crippen molar-refractivity contribution >= 4 is 32.8 Å². The van der Waals surface area contributed by atoms with Crippen molar-refractivity contribution in [2.45, 2.75) is 5.75 Å². The predicted molar refractivity (Wildman–Crippen MR) is 47.3 cm³/mol. The fraction of sp³-hybridized carbons (Fsp3) is 0.167. The van der Waals surface area contributed by atoms with Crippen molar-refractivity contribution < 1.29 is 8.42 Å². The van der Waals surface area contributed by atoms with E-state index in [1.807, 2.05) is 0 Å². The average Bonchev–Trinajstić information content (AvgIpc) is 2.10. The molecule has 0 atom stereocenters. The van der Waals surface area contributed by atoms with Crippen LogP contribution in [-0.4, -0.2) is 8.42 Å². The van der Waals surface area contributed by atoms with Gasteiger partial charge in [-0.05, 0) is 12.1 Å².